The normalized spacial score (nSPS) is 19.5. The summed E-state index contributed by atoms with van der Waals surface area (Å²) in [6.45, 7) is 11.7. The van der Waals surface area contributed by atoms with Crippen LogP contribution < -0.4 is 18.9 Å². The fourth-order valence-corrected chi connectivity index (χ4v) is 6.02. The second-order valence-corrected chi connectivity index (χ2v) is 14.4. The highest BCUT2D eigenvalue weighted by atomic mass is 16.6. The van der Waals surface area contributed by atoms with E-state index in [1.807, 2.05) is 55.5 Å². The Hall–Kier alpha value is -4.04. The molecule has 266 valence electrons. The van der Waals surface area contributed by atoms with Gasteiger partial charge in [-0.25, -0.2) is 0 Å². The fourth-order valence-electron chi connectivity index (χ4n) is 6.02. The zero-order valence-electron chi connectivity index (χ0n) is 29.9. The van der Waals surface area contributed by atoms with Crippen molar-refractivity contribution in [1.82, 2.24) is 0 Å². The van der Waals surface area contributed by atoms with Crippen molar-refractivity contribution in [2.75, 3.05) is 33.0 Å². The molecule has 4 aromatic rings. The van der Waals surface area contributed by atoms with Gasteiger partial charge in [0.1, 0.15) is 47.9 Å². The third-order valence-corrected chi connectivity index (χ3v) is 10.1. The van der Waals surface area contributed by atoms with Gasteiger partial charge in [-0.2, -0.15) is 0 Å². The first-order valence-corrected chi connectivity index (χ1v) is 18.1. The van der Waals surface area contributed by atoms with Crippen LogP contribution in [0.15, 0.2) is 97.1 Å². The number of aliphatic hydroxyl groups is 1. The number of epoxide rings is 2. The maximum absolute atomic E-state index is 10.9. The summed E-state index contributed by atoms with van der Waals surface area (Å²) in [5, 5.41) is 10.9. The van der Waals surface area contributed by atoms with E-state index in [0.29, 0.717) is 25.7 Å². The third-order valence-electron chi connectivity index (χ3n) is 10.1. The Bertz CT molecular complexity index is 1610. The number of benzene rings is 4. The maximum atomic E-state index is 10.9. The van der Waals surface area contributed by atoms with Crippen LogP contribution in [0.4, 0.5) is 0 Å². The second-order valence-electron chi connectivity index (χ2n) is 14.4. The molecule has 7 nitrogen and oxygen atoms in total. The minimum absolute atomic E-state index is 0.0620. The van der Waals surface area contributed by atoms with Crippen molar-refractivity contribution in [3.63, 3.8) is 0 Å². The van der Waals surface area contributed by atoms with Crippen molar-refractivity contribution in [2.45, 2.75) is 83.7 Å². The van der Waals surface area contributed by atoms with E-state index in [1.165, 1.54) is 22.3 Å². The first-order chi connectivity index (χ1) is 24.2. The molecule has 0 amide bonds. The number of aliphatic hydroxyl groups excluding tert-OH is 1. The van der Waals surface area contributed by atoms with Gasteiger partial charge in [-0.3, -0.25) is 0 Å². The molecule has 1 N–H and O–H groups in total. The Balaban J connectivity index is 0.919. The summed E-state index contributed by atoms with van der Waals surface area (Å²) < 4.78 is 35.0. The van der Waals surface area contributed by atoms with Crippen LogP contribution in [0.5, 0.6) is 23.0 Å². The molecule has 4 aromatic carbocycles. The molecule has 0 saturated carbocycles. The standard InChI is InChI=1S/C43H52O7/c1-5-42(3,41-29-48-41)30-49-38-19-11-33(12-20-38)23-31-7-15-36(16-8-31)45-26-35(44)25-43(4,6-2)50-39-21-13-34(14-22-39)24-32-9-17-37(18-10-32)46-27-40-28-47-40/h7-22,35,40-41,44H,5-6,23-30H2,1-4H3. The highest BCUT2D eigenvalue weighted by Gasteiger charge is 2.42. The summed E-state index contributed by atoms with van der Waals surface area (Å²) >= 11 is 0. The molecule has 2 aliphatic heterocycles. The molecular weight excluding hydrogens is 628 g/mol. The Kier molecular flexibility index (Phi) is 11.7. The smallest absolute Gasteiger partial charge is 0.120 e. The SMILES string of the molecule is CCC(C)(CC(O)COc1ccc(Cc2ccc(OCC(C)(CC)C3CO3)cc2)cc1)Oc1ccc(Cc2ccc(OCC3CO3)cc2)cc1. The minimum atomic E-state index is -0.671. The number of rotatable bonds is 20. The van der Waals surface area contributed by atoms with Crippen molar-refractivity contribution in [1.29, 1.82) is 0 Å². The van der Waals surface area contributed by atoms with Gasteiger partial charge in [-0.1, -0.05) is 69.3 Å². The molecule has 5 unspecified atom stereocenters. The van der Waals surface area contributed by atoms with Gasteiger partial charge in [0.2, 0.25) is 0 Å². The molecule has 0 bridgehead atoms. The molecule has 2 heterocycles. The lowest BCUT2D eigenvalue weighted by Crippen LogP contribution is -2.37. The molecule has 0 spiro atoms. The van der Waals surface area contributed by atoms with E-state index < -0.39 is 11.7 Å². The zero-order valence-corrected chi connectivity index (χ0v) is 29.9. The van der Waals surface area contributed by atoms with Crippen molar-refractivity contribution < 1.29 is 33.5 Å². The summed E-state index contributed by atoms with van der Waals surface area (Å²) in [4.78, 5) is 0. The van der Waals surface area contributed by atoms with Crippen molar-refractivity contribution in [3.8, 4) is 23.0 Å². The lowest BCUT2D eigenvalue weighted by atomic mass is 9.85. The van der Waals surface area contributed by atoms with E-state index in [-0.39, 0.29) is 18.1 Å². The van der Waals surface area contributed by atoms with Crippen LogP contribution in [-0.2, 0) is 22.3 Å². The van der Waals surface area contributed by atoms with Crippen LogP contribution in [0.3, 0.4) is 0 Å². The van der Waals surface area contributed by atoms with Crippen LogP contribution in [0.1, 0.15) is 69.2 Å². The number of ether oxygens (including phenoxy) is 6. The molecule has 2 fully saturated rings. The molecule has 50 heavy (non-hydrogen) atoms. The van der Waals surface area contributed by atoms with Crippen LogP contribution in [-0.4, -0.2) is 62.1 Å². The van der Waals surface area contributed by atoms with Gasteiger partial charge in [-0.05, 0) is 103 Å². The number of hydrogen-bond donors (Lipinski definition) is 1. The Morgan fingerprint density at radius 3 is 1.54 bits per heavy atom. The molecular formula is C43H52O7. The minimum Gasteiger partial charge on any atom is -0.493 e. The van der Waals surface area contributed by atoms with Crippen LogP contribution >= 0.6 is 0 Å². The Morgan fingerprint density at radius 1 is 0.640 bits per heavy atom. The first kappa shape index (κ1) is 35.8. The van der Waals surface area contributed by atoms with E-state index in [2.05, 4.69) is 69.3 Å². The molecule has 0 aliphatic carbocycles. The summed E-state index contributed by atoms with van der Waals surface area (Å²) in [6.07, 6.45) is 3.78. The van der Waals surface area contributed by atoms with Gasteiger partial charge in [0.15, 0.2) is 0 Å². The van der Waals surface area contributed by atoms with E-state index in [9.17, 15) is 5.11 Å². The van der Waals surface area contributed by atoms with Crippen LogP contribution in [0.2, 0.25) is 0 Å². The molecule has 0 aromatic heterocycles. The largest absolute Gasteiger partial charge is 0.493 e. The molecule has 0 radical (unpaired) electrons. The summed E-state index contributed by atoms with van der Waals surface area (Å²) in [7, 11) is 0. The highest BCUT2D eigenvalue weighted by molar-refractivity contribution is 5.35. The van der Waals surface area contributed by atoms with Gasteiger partial charge in [0.05, 0.1) is 32.0 Å². The lowest BCUT2D eigenvalue weighted by Gasteiger charge is -2.31. The molecule has 7 heteroatoms. The monoisotopic (exact) mass is 680 g/mol. The summed E-state index contributed by atoms with van der Waals surface area (Å²) in [6, 6.07) is 32.9. The second kappa shape index (κ2) is 16.3. The Labute approximate surface area is 297 Å². The lowest BCUT2D eigenvalue weighted by molar-refractivity contribution is 0.00434. The van der Waals surface area contributed by atoms with Crippen molar-refractivity contribution >= 4 is 0 Å². The van der Waals surface area contributed by atoms with Gasteiger partial charge in [0.25, 0.3) is 0 Å². The van der Waals surface area contributed by atoms with E-state index in [1.54, 1.807) is 0 Å². The van der Waals surface area contributed by atoms with E-state index >= 15 is 0 Å². The Morgan fingerprint density at radius 2 is 1.10 bits per heavy atom. The van der Waals surface area contributed by atoms with Crippen molar-refractivity contribution in [3.05, 3.63) is 119 Å². The number of hydrogen-bond acceptors (Lipinski definition) is 7. The predicted octanol–water partition coefficient (Wildman–Crippen LogP) is 8.22. The van der Waals surface area contributed by atoms with E-state index in [4.69, 9.17) is 28.4 Å². The highest BCUT2D eigenvalue weighted by Crippen LogP contribution is 2.36. The molecule has 5 atom stereocenters. The average Bonchev–Trinajstić information content (AvgIpc) is 4.07. The third kappa shape index (κ3) is 10.5. The van der Waals surface area contributed by atoms with Gasteiger partial charge in [-0.15, -0.1) is 0 Å². The topological polar surface area (TPSA) is 82.2 Å². The predicted molar refractivity (Wildman–Crippen MR) is 196 cm³/mol. The van der Waals surface area contributed by atoms with E-state index in [0.717, 1.165) is 61.9 Å². The fraction of sp³-hybridized carbons (Fsp3) is 0.442. The molecule has 2 saturated heterocycles. The van der Waals surface area contributed by atoms with Crippen LogP contribution in [0.25, 0.3) is 0 Å². The molecule has 6 rings (SSSR count). The van der Waals surface area contributed by atoms with Gasteiger partial charge in [0, 0.05) is 11.8 Å². The van der Waals surface area contributed by atoms with Crippen LogP contribution in [0, 0.1) is 5.41 Å². The van der Waals surface area contributed by atoms with Crippen molar-refractivity contribution in [2.24, 2.45) is 5.41 Å². The van der Waals surface area contributed by atoms with Gasteiger partial charge >= 0.3 is 0 Å². The quantitative estimate of drug-likeness (QED) is 0.0943. The first-order valence-electron chi connectivity index (χ1n) is 18.1. The van der Waals surface area contributed by atoms with Gasteiger partial charge < -0.3 is 33.5 Å². The summed E-state index contributed by atoms with van der Waals surface area (Å²) in [5.41, 5.74) is 4.36. The average molecular weight is 681 g/mol. The maximum Gasteiger partial charge on any atom is 0.120 e. The molecule has 2 aliphatic rings. The summed E-state index contributed by atoms with van der Waals surface area (Å²) in [5.74, 6) is 3.28. The zero-order chi connectivity index (χ0) is 35.0.